The Kier molecular flexibility index (Phi) is 5.26. The monoisotopic (exact) mass is 427 g/mol. The SMILES string of the molecule is CC(=O)N1CCCc2cc(NC(=O)c3nnn(-c4ccc(F)c(Cl)c4)c3C)ccc21. The van der Waals surface area contributed by atoms with Gasteiger partial charge in [0.2, 0.25) is 5.91 Å². The van der Waals surface area contributed by atoms with Crippen molar-refractivity contribution in [2.75, 3.05) is 16.8 Å². The number of rotatable bonds is 3. The lowest BCUT2D eigenvalue weighted by Crippen LogP contribution is -2.33. The minimum atomic E-state index is -0.535. The summed E-state index contributed by atoms with van der Waals surface area (Å²) < 4.78 is 14.8. The highest BCUT2D eigenvalue weighted by Crippen LogP contribution is 2.30. The molecule has 0 aliphatic carbocycles. The standard InChI is InChI=1S/C21H19ClFN5O2/c1-12-20(25-26-28(12)16-6-7-18(23)17(22)11-16)21(30)24-15-5-8-19-14(10-15)4-3-9-27(19)13(2)29/h5-8,10-11H,3-4,9H2,1-2H3,(H,24,30). The molecule has 2 amide bonds. The van der Waals surface area contributed by atoms with Crippen LogP contribution in [-0.2, 0) is 11.2 Å². The molecule has 1 aliphatic rings. The maximum atomic E-state index is 13.4. The zero-order valence-electron chi connectivity index (χ0n) is 16.4. The third-order valence-corrected chi connectivity index (χ3v) is 5.38. The average molecular weight is 428 g/mol. The van der Waals surface area contributed by atoms with Crippen LogP contribution in [0.15, 0.2) is 36.4 Å². The third kappa shape index (κ3) is 3.66. The van der Waals surface area contributed by atoms with Gasteiger partial charge in [-0.15, -0.1) is 5.10 Å². The van der Waals surface area contributed by atoms with Crippen LogP contribution in [0.3, 0.4) is 0 Å². The predicted octanol–water partition coefficient (Wildman–Crippen LogP) is 3.92. The summed E-state index contributed by atoms with van der Waals surface area (Å²) >= 11 is 5.84. The average Bonchev–Trinajstić information content (AvgIpc) is 3.10. The summed E-state index contributed by atoms with van der Waals surface area (Å²) in [6.45, 7) is 3.94. The molecule has 7 nitrogen and oxygen atoms in total. The smallest absolute Gasteiger partial charge is 0.278 e. The molecule has 2 heterocycles. The van der Waals surface area contributed by atoms with Crippen molar-refractivity contribution in [3.8, 4) is 5.69 Å². The fraction of sp³-hybridized carbons (Fsp3) is 0.238. The summed E-state index contributed by atoms with van der Waals surface area (Å²) in [4.78, 5) is 26.3. The fourth-order valence-corrected chi connectivity index (χ4v) is 3.77. The highest BCUT2D eigenvalue weighted by atomic mass is 35.5. The minimum Gasteiger partial charge on any atom is -0.321 e. The van der Waals surface area contributed by atoms with Crippen LogP contribution < -0.4 is 10.2 Å². The summed E-state index contributed by atoms with van der Waals surface area (Å²) in [5.41, 5.74) is 3.65. The third-order valence-electron chi connectivity index (χ3n) is 5.09. The van der Waals surface area contributed by atoms with E-state index in [1.165, 1.54) is 22.9 Å². The zero-order valence-corrected chi connectivity index (χ0v) is 17.2. The van der Waals surface area contributed by atoms with Crippen molar-refractivity contribution in [2.45, 2.75) is 26.7 Å². The second kappa shape index (κ2) is 7.87. The molecule has 9 heteroatoms. The minimum absolute atomic E-state index is 0.000807. The van der Waals surface area contributed by atoms with Crippen LogP contribution in [0.25, 0.3) is 5.69 Å². The van der Waals surface area contributed by atoms with E-state index in [4.69, 9.17) is 11.6 Å². The Morgan fingerprint density at radius 2 is 2.00 bits per heavy atom. The second-order valence-corrected chi connectivity index (χ2v) is 7.51. The van der Waals surface area contributed by atoms with Crippen LogP contribution in [0, 0.1) is 12.7 Å². The first-order valence-electron chi connectivity index (χ1n) is 9.45. The van der Waals surface area contributed by atoms with Crippen molar-refractivity contribution in [1.29, 1.82) is 0 Å². The number of hydrogen-bond acceptors (Lipinski definition) is 4. The van der Waals surface area contributed by atoms with Crippen LogP contribution in [-0.4, -0.2) is 33.4 Å². The summed E-state index contributed by atoms with van der Waals surface area (Å²) in [5, 5.41) is 10.8. The first-order chi connectivity index (χ1) is 14.3. The summed E-state index contributed by atoms with van der Waals surface area (Å²) in [6, 6.07) is 9.64. The van der Waals surface area contributed by atoms with Gasteiger partial charge in [0.05, 0.1) is 16.4 Å². The van der Waals surface area contributed by atoms with Crippen LogP contribution in [0.2, 0.25) is 5.02 Å². The molecule has 4 rings (SSSR count). The molecule has 1 N–H and O–H groups in total. The Labute approximate surface area is 177 Å². The van der Waals surface area contributed by atoms with Crippen molar-refractivity contribution in [1.82, 2.24) is 15.0 Å². The molecule has 3 aromatic rings. The number of nitrogens with zero attached hydrogens (tertiary/aromatic N) is 4. The van der Waals surface area contributed by atoms with Gasteiger partial charge in [-0.05, 0) is 61.7 Å². The molecule has 0 atom stereocenters. The van der Waals surface area contributed by atoms with Gasteiger partial charge in [-0.25, -0.2) is 9.07 Å². The number of carbonyl (C=O) groups is 2. The highest BCUT2D eigenvalue weighted by molar-refractivity contribution is 6.30. The van der Waals surface area contributed by atoms with Gasteiger partial charge < -0.3 is 10.2 Å². The van der Waals surface area contributed by atoms with E-state index in [0.717, 1.165) is 24.1 Å². The number of fused-ring (bicyclic) bond motifs is 1. The Balaban J connectivity index is 1.57. The van der Waals surface area contributed by atoms with E-state index in [-0.39, 0.29) is 16.6 Å². The van der Waals surface area contributed by atoms with Crippen LogP contribution in [0.4, 0.5) is 15.8 Å². The zero-order chi connectivity index (χ0) is 21.4. The number of halogens is 2. The Bertz CT molecular complexity index is 1160. The second-order valence-electron chi connectivity index (χ2n) is 7.11. The van der Waals surface area contributed by atoms with E-state index in [0.29, 0.717) is 23.6 Å². The van der Waals surface area contributed by atoms with Gasteiger partial charge in [0, 0.05) is 24.8 Å². The number of benzene rings is 2. The highest BCUT2D eigenvalue weighted by Gasteiger charge is 2.22. The molecule has 1 aromatic heterocycles. The molecule has 30 heavy (non-hydrogen) atoms. The van der Waals surface area contributed by atoms with E-state index < -0.39 is 11.7 Å². The molecular formula is C21H19ClFN5O2. The number of nitrogens with one attached hydrogen (secondary N) is 1. The molecule has 2 aromatic carbocycles. The maximum Gasteiger partial charge on any atom is 0.278 e. The van der Waals surface area contributed by atoms with Gasteiger partial charge >= 0.3 is 0 Å². The van der Waals surface area contributed by atoms with Crippen molar-refractivity contribution in [3.63, 3.8) is 0 Å². The van der Waals surface area contributed by atoms with E-state index in [1.54, 1.807) is 24.8 Å². The van der Waals surface area contributed by atoms with Crippen LogP contribution in [0.5, 0.6) is 0 Å². The molecule has 0 bridgehead atoms. The molecule has 1 aliphatic heterocycles. The molecule has 0 spiro atoms. The Morgan fingerprint density at radius 1 is 1.20 bits per heavy atom. The lowest BCUT2D eigenvalue weighted by molar-refractivity contribution is -0.116. The van der Waals surface area contributed by atoms with Gasteiger partial charge in [0.15, 0.2) is 5.69 Å². The quantitative estimate of drug-likeness (QED) is 0.687. The van der Waals surface area contributed by atoms with Gasteiger partial charge in [-0.2, -0.15) is 0 Å². The lowest BCUT2D eigenvalue weighted by atomic mass is 10.0. The predicted molar refractivity (Wildman–Crippen MR) is 112 cm³/mol. The number of anilines is 2. The fourth-order valence-electron chi connectivity index (χ4n) is 3.59. The van der Waals surface area contributed by atoms with Crippen molar-refractivity contribution in [3.05, 3.63) is 64.2 Å². The number of carbonyl (C=O) groups excluding carboxylic acids is 2. The maximum absolute atomic E-state index is 13.4. The van der Waals surface area contributed by atoms with E-state index in [2.05, 4.69) is 15.6 Å². The van der Waals surface area contributed by atoms with Crippen molar-refractivity contribution in [2.24, 2.45) is 0 Å². The first-order valence-corrected chi connectivity index (χ1v) is 9.83. The van der Waals surface area contributed by atoms with Crippen LogP contribution in [0.1, 0.15) is 35.1 Å². The Hall–Kier alpha value is -3.26. The van der Waals surface area contributed by atoms with Crippen molar-refractivity contribution < 1.29 is 14.0 Å². The van der Waals surface area contributed by atoms with Crippen LogP contribution >= 0.6 is 11.6 Å². The van der Waals surface area contributed by atoms with Gasteiger partial charge in [-0.3, -0.25) is 9.59 Å². The lowest BCUT2D eigenvalue weighted by Gasteiger charge is -2.28. The van der Waals surface area contributed by atoms with E-state index in [9.17, 15) is 14.0 Å². The molecule has 0 saturated carbocycles. The number of aryl methyl sites for hydroxylation is 1. The molecule has 0 radical (unpaired) electrons. The van der Waals surface area contributed by atoms with E-state index in [1.807, 2.05) is 12.1 Å². The summed E-state index contributed by atoms with van der Waals surface area (Å²) in [6.07, 6.45) is 1.71. The summed E-state index contributed by atoms with van der Waals surface area (Å²) in [5.74, 6) is -0.945. The summed E-state index contributed by atoms with van der Waals surface area (Å²) in [7, 11) is 0. The Morgan fingerprint density at radius 3 is 2.73 bits per heavy atom. The van der Waals surface area contributed by atoms with Gasteiger partial charge in [-0.1, -0.05) is 16.8 Å². The molecule has 154 valence electrons. The number of aromatic nitrogens is 3. The van der Waals surface area contributed by atoms with Gasteiger partial charge in [0.25, 0.3) is 5.91 Å². The number of amides is 2. The largest absolute Gasteiger partial charge is 0.321 e. The normalized spacial score (nSPS) is 13.1. The van der Waals surface area contributed by atoms with Gasteiger partial charge in [0.1, 0.15) is 5.82 Å². The molecule has 0 unspecified atom stereocenters. The molecule has 0 fully saturated rings. The number of hydrogen-bond donors (Lipinski definition) is 1. The topological polar surface area (TPSA) is 80.1 Å². The molecule has 0 saturated heterocycles. The van der Waals surface area contributed by atoms with E-state index >= 15 is 0 Å². The van der Waals surface area contributed by atoms with Crippen molar-refractivity contribution >= 4 is 34.8 Å². The molecular weight excluding hydrogens is 409 g/mol. The first kappa shape index (κ1) is 20.0.